The molecule has 0 atom stereocenters. The Morgan fingerprint density at radius 3 is 2.82 bits per heavy atom. The average molecular weight is 238 g/mol. The van der Waals surface area contributed by atoms with Gasteiger partial charge in [-0.2, -0.15) is 0 Å². The molecule has 2 rings (SSSR count). The molecule has 0 amide bonds. The number of likely N-dealkylation sites (N-methyl/N-ethyl adjacent to an activating group) is 1. The van der Waals surface area contributed by atoms with Crippen LogP contribution in [0.25, 0.3) is 0 Å². The fourth-order valence-corrected chi connectivity index (χ4v) is 1.79. The Bertz CT molecular complexity index is 405. The third-order valence-electron chi connectivity index (χ3n) is 3.16. The van der Waals surface area contributed by atoms with Crippen LogP contribution in [0.4, 0.5) is 10.1 Å². The summed E-state index contributed by atoms with van der Waals surface area (Å²) in [4.78, 5) is 2.28. The van der Waals surface area contributed by atoms with E-state index in [-0.39, 0.29) is 5.82 Å². The number of hydrogen-bond acceptors (Lipinski definition) is 3. The molecule has 0 aliphatic heterocycles. The molecule has 2 N–H and O–H groups in total. The summed E-state index contributed by atoms with van der Waals surface area (Å²) in [6, 6.07) is 3.70. The lowest BCUT2D eigenvalue weighted by Crippen LogP contribution is -2.26. The summed E-state index contributed by atoms with van der Waals surface area (Å²) in [6.07, 6.45) is 2.57. The van der Waals surface area contributed by atoms with E-state index in [1.165, 1.54) is 18.9 Å². The second-order valence-electron chi connectivity index (χ2n) is 4.70. The van der Waals surface area contributed by atoms with Gasteiger partial charge in [-0.05, 0) is 38.4 Å². The molecule has 1 aromatic carbocycles. The van der Waals surface area contributed by atoms with Crippen molar-refractivity contribution in [1.82, 2.24) is 4.90 Å². The van der Waals surface area contributed by atoms with Crippen LogP contribution in [0.1, 0.15) is 18.4 Å². The van der Waals surface area contributed by atoms with Gasteiger partial charge in [0.2, 0.25) is 0 Å². The van der Waals surface area contributed by atoms with Gasteiger partial charge in [-0.25, -0.2) is 4.39 Å². The molecule has 1 fully saturated rings. The van der Waals surface area contributed by atoms with E-state index in [0.717, 1.165) is 12.6 Å². The van der Waals surface area contributed by atoms with Crippen LogP contribution in [0.5, 0.6) is 5.75 Å². The molecule has 17 heavy (non-hydrogen) atoms. The second kappa shape index (κ2) is 4.92. The molecule has 94 valence electrons. The number of nitrogen functional groups attached to an aromatic ring is 1. The second-order valence-corrected chi connectivity index (χ2v) is 4.70. The SMILES string of the molecule is Cc1cc(OCCN(C)C2CC2)c(N)cc1F. The molecule has 0 heterocycles. The van der Waals surface area contributed by atoms with Crippen LogP contribution in [0.3, 0.4) is 0 Å². The molecule has 1 aliphatic carbocycles. The van der Waals surface area contributed by atoms with E-state index in [1.807, 2.05) is 0 Å². The molecule has 4 heteroatoms. The number of ether oxygens (including phenoxy) is 1. The molecule has 0 bridgehead atoms. The Labute approximate surface area is 101 Å². The first-order valence-corrected chi connectivity index (χ1v) is 5.96. The molecule has 0 radical (unpaired) electrons. The standard InChI is InChI=1S/C13H19FN2O/c1-9-7-13(12(15)8-11(9)14)17-6-5-16(2)10-3-4-10/h7-8,10H,3-6,15H2,1-2H3. The van der Waals surface area contributed by atoms with Gasteiger partial charge < -0.3 is 15.4 Å². The van der Waals surface area contributed by atoms with Gasteiger partial charge in [0.25, 0.3) is 0 Å². The molecule has 0 spiro atoms. The largest absolute Gasteiger partial charge is 0.490 e. The van der Waals surface area contributed by atoms with Crippen molar-refractivity contribution in [3.05, 3.63) is 23.5 Å². The predicted molar refractivity (Wildman–Crippen MR) is 66.7 cm³/mol. The summed E-state index contributed by atoms with van der Waals surface area (Å²) in [7, 11) is 2.10. The zero-order valence-corrected chi connectivity index (χ0v) is 10.4. The molecule has 1 aromatic rings. The van der Waals surface area contributed by atoms with Crippen molar-refractivity contribution in [2.45, 2.75) is 25.8 Å². The van der Waals surface area contributed by atoms with Crippen molar-refractivity contribution in [2.24, 2.45) is 0 Å². The summed E-state index contributed by atoms with van der Waals surface area (Å²) >= 11 is 0. The number of nitrogens with zero attached hydrogens (tertiary/aromatic N) is 1. The summed E-state index contributed by atoms with van der Waals surface area (Å²) in [6.45, 7) is 3.17. The number of halogens is 1. The number of hydrogen-bond donors (Lipinski definition) is 1. The van der Waals surface area contributed by atoms with Gasteiger partial charge in [-0.15, -0.1) is 0 Å². The summed E-state index contributed by atoms with van der Waals surface area (Å²) in [5, 5.41) is 0. The van der Waals surface area contributed by atoms with Crippen LogP contribution in [-0.4, -0.2) is 31.1 Å². The molecule has 3 nitrogen and oxygen atoms in total. The van der Waals surface area contributed by atoms with Crippen LogP contribution < -0.4 is 10.5 Å². The quantitative estimate of drug-likeness (QED) is 0.799. The minimum Gasteiger partial charge on any atom is -0.490 e. The maximum Gasteiger partial charge on any atom is 0.142 e. The number of benzene rings is 1. The molecule has 0 aromatic heterocycles. The van der Waals surface area contributed by atoms with E-state index >= 15 is 0 Å². The third-order valence-corrected chi connectivity index (χ3v) is 3.16. The Hall–Kier alpha value is -1.29. The average Bonchev–Trinajstić information content (AvgIpc) is 3.09. The summed E-state index contributed by atoms with van der Waals surface area (Å²) in [5.41, 5.74) is 6.62. The fraction of sp³-hybridized carbons (Fsp3) is 0.538. The highest BCUT2D eigenvalue weighted by molar-refractivity contribution is 5.54. The van der Waals surface area contributed by atoms with E-state index in [4.69, 9.17) is 10.5 Å². The van der Waals surface area contributed by atoms with Crippen molar-refractivity contribution < 1.29 is 9.13 Å². The van der Waals surface area contributed by atoms with Crippen LogP contribution in [-0.2, 0) is 0 Å². The molecule has 1 saturated carbocycles. The minimum absolute atomic E-state index is 0.287. The summed E-state index contributed by atoms with van der Waals surface area (Å²) in [5.74, 6) is 0.290. The predicted octanol–water partition coefficient (Wildman–Crippen LogP) is 2.19. The summed E-state index contributed by atoms with van der Waals surface area (Å²) < 4.78 is 18.8. The van der Waals surface area contributed by atoms with Crippen LogP contribution in [0.2, 0.25) is 0 Å². The van der Waals surface area contributed by atoms with Gasteiger partial charge in [-0.1, -0.05) is 0 Å². The zero-order chi connectivity index (χ0) is 12.4. The van der Waals surface area contributed by atoms with E-state index in [2.05, 4.69) is 11.9 Å². The van der Waals surface area contributed by atoms with Crippen molar-refractivity contribution in [3.63, 3.8) is 0 Å². The number of rotatable bonds is 5. The smallest absolute Gasteiger partial charge is 0.142 e. The minimum atomic E-state index is -0.287. The van der Waals surface area contributed by atoms with Gasteiger partial charge in [-0.3, -0.25) is 0 Å². The Morgan fingerprint density at radius 1 is 1.47 bits per heavy atom. The zero-order valence-electron chi connectivity index (χ0n) is 10.4. The molecule has 0 saturated heterocycles. The van der Waals surface area contributed by atoms with Crippen molar-refractivity contribution in [3.8, 4) is 5.75 Å². The Kier molecular flexibility index (Phi) is 3.52. The normalized spacial score (nSPS) is 15.3. The van der Waals surface area contributed by atoms with E-state index < -0.39 is 0 Å². The highest BCUT2D eigenvalue weighted by atomic mass is 19.1. The number of anilines is 1. The van der Waals surface area contributed by atoms with Gasteiger partial charge in [0.05, 0.1) is 5.69 Å². The van der Waals surface area contributed by atoms with Crippen molar-refractivity contribution >= 4 is 5.69 Å². The highest BCUT2D eigenvalue weighted by Gasteiger charge is 2.25. The Morgan fingerprint density at radius 2 is 2.18 bits per heavy atom. The molecular formula is C13H19FN2O. The maximum atomic E-state index is 13.2. The lowest BCUT2D eigenvalue weighted by molar-refractivity contribution is 0.232. The van der Waals surface area contributed by atoms with E-state index in [0.29, 0.717) is 23.6 Å². The first kappa shape index (κ1) is 12.2. The van der Waals surface area contributed by atoms with Gasteiger partial charge >= 0.3 is 0 Å². The van der Waals surface area contributed by atoms with Gasteiger partial charge in [0.1, 0.15) is 18.2 Å². The topological polar surface area (TPSA) is 38.5 Å². The molecular weight excluding hydrogens is 219 g/mol. The number of aryl methyl sites for hydroxylation is 1. The van der Waals surface area contributed by atoms with Gasteiger partial charge in [0, 0.05) is 18.7 Å². The molecule has 0 unspecified atom stereocenters. The van der Waals surface area contributed by atoms with Crippen LogP contribution in [0, 0.1) is 12.7 Å². The van der Waals surface area contributed by atoms with E-state index in [1.54, 1.807) is 13.0 Å². The number of nitrogens with two attached hydrogens (primary N) is 1. The lowest BCUT2D eigenvalue weighted by atomic mass is 10.2. The Balaban J connectivity index is 1.87. The lowest BCUT2D eigenvalue weighted by Gasteiger charge is -2.16. The molecule has 1 aliphatic rings. The first-order valence-electron chi connectivity index (χ1n) is 5.96. The maximum absolute atomic E-state index is 13.2. The third kappa shape index (κ3) is 3.09. The van der Waals surface area contributed by atoms with Crippen molar-refractivity contribution in [1.29, 1.82) is 0 Å². The van der Waals surface area contributed by atoms with Crippen molar-refractivity contribution in [2.75, 3.05) is 25.9 Å². The fourth-order valence-electron chi connectivity index (χ4n) is 1.79. The van der Waals surface area contributed by atoms with E-state index in [9.17, 15) is 4.39 Å². The van der Waals surface area contributed by atoms with Gasteiger partial charge in [0.15, 0.2) is 0 Å². The van der Waals surface area contributed by atoms with Crippen LogP contribution >= 0.6 is 0 Å². The first-order chi connectivity index (χ1) is 8.08. The highest BCUT2D eigenvalue weighted by Crippen LogP contribution is 2.26. The van der Waals surface area contributed by atoms with Crippen LogP contribution in [0.15, 0.2) is 12.1 Å². The monoisotopic (exact) mass is 238 g/mol.